The van der Waals surface area contributed by atoms with Crippen LogP contribution in [0.15, 0.2) is 60.7 Å². The van der Waals surface area contributed by atoms with Crippen molar-refractivity contribution in [3.05, 3.63) is 71.8 Å². The van der Waals surface area contributed by atoms with Gasteiger partial charge in [0.1, 0.15) is 5.82 Å². The molecular formula is C24H28N6OS. The van der Waals surface area contributed by atoms with E-state index in [4.69, 9.17) is 17.0 Å². The van der Waals surface area contributed by atoms with Crippen molar-refractivity contribution in [2.24, 2.45) is 0 Å². The van der Waals surface area contributed by atoms with Gasteiger partial charge in [-0.15, -0.1) is 0 Å². The maximum absolute atomic E-state index is 5.45. The second-order valence-corrected chi connectivity index (χ2v) is 8.10. The number of ether oxygens (including phenoxy) is 1. The summed E-state index contributed by atoms with van der Waals surface area (Å²) in [6, 6.07) is 20.7. The molecular weight excluding hydrogens is 420 g/mol. The molecule has 0 saturated carbocycles. The van der Waals surface area contributed by atoms with Crippen molar-refractivity contribution in [2.45, 2.75) is 13.5 Å². The molecule has 166 valence electrons. The molecule has 1 fully saturated rings. The largest absolute Gasteiger partial charge is 0.481 e. The number of para-hydroxylation sites is 1. The Kier molecular flexibility index (Phi) is 7.01. The second-order valence-electron chi connectivity index (χ2n) is 7.70. The predicted molar refractivity (Wildman–Crippen MR) is 134 cm³/mol. The number of hydrogen-bond acceptors (Lipinski definition) is 6. The van der Waals surface area contributed by atoms with Crippen molar-refractivity contribution in [3.63, 3.8) is 0 Å². The van der Waals surface area contributed by atoms with Gasteiger partial charge in [0.2, 0.25) is 11.8 Å². The van der Waals surface area contributed by atoms with Crippen LogP contribution in [0, 0.1) is 6.92 Å². The Labute approximate surface area is 194 Å². The summed E-state index contributed by atoms with van der Waals surface area (Å²) in [6.07, 6.45) is 0. The highest BCUT2D eigenvalue weighted by atomic mass is 32.1. The van der Waals surface area contributed by atoms with E-state index in [2.05, 4.69) is 85.9 Å². The lowest BCUT2D eigenvalue weighted by Crippen LogP contribution is -2.46. The van der Waals surface area contributed by atoms with E-state index in [9.17, 15) is 0 Å². The lowest BCUT2D eigenvalue weighted by molar-refractivity contribution is 0.397. The second kappa shape index (κ2) is 10.3. The Bertz CT molecular complexity index is 1040. The van der Waals surface area contributed by atoms with Gasteiger partial charge < -0.3 is 25.2 Å². The maximum Gasteiger partial charge on any atom is 0.234 e. The molecule has 2 aromatic carbocycles. The molecule has 0 spiro atoms. The van der Waals surface area contributed by atoms with Gasteiger partial charge in [0, 0.05) is 44.5 Å². The van der Waals surface area contributed by atoms with Gasteiger partial charge in [-0.25, -0.2) is 0 Å². The molecule has 0 radical (unpaired) electrons. The molecule has 2 N–H and O–H groups in total. The summed E-state index contributed by atoms with van der Waals surface area (Å²) in [6.45, 7) is 6.29. The summed E-state index contributed by atoms with van der Waals surface area (Å²) in [5.41, 5.74) is 3.64. The van der Waals surface area contributed by atoms with Gasteiger partial charge in [-0.1, -0.05) is 48.0 Å². The van der Waals surface area contributed by atoms with E-state index in [1.807, 2.05) is 12.1 Å². The number of thiocarbonyl (C=S) groups is 1. The van der Waals surface area contributed by atoms with E-state index in [1.54, 1.807) is 7.11 Å². The zero-order valence-corrected chi connectivity index (χ0v) is 19.2. The summed E-state index contributed by atoms with van der Waals surface area (Å²) in [5.74, 6) is 1.75. The highest BCUT2D eigenvalue weighted by Crippen LogP contribution is 2.23. The summed E-state index contributed by atoms with van der Waals surface area (Å²) in [4.78, 5) is 13.7. The number of piperazine rings is 1. The Morgan fingerprint density at radius 2 is 1.66 bits per heavy atom. The van der Waals surface area contributed by atoms with Crippen LogP contribution in [0.25, 0.3) is 0 Å². The van der Waals surface area contributed by atoms with Crippen molar-refractivity contribution in [2.75, 3.05) is 48.4 Å². The van der Waals surface area contributed by atoms with Gasteiger partial charge in [0.05, 0.1) is 7.11 Å². The summed E-state index contributed by atoms with van der Waals surface area (Å²) >= 11 is 5.45. The molecule has 7 nitrogen and oxygen atoms in total. The normalized spacial score (nSPS) is 13.6. The van der Waals surface area contributed by atoms with Gasteiger partial charge in [0.15, 0.2) is 5.11 Å². The summed E-state index contributed by atoms with van der Waals surface area (Å²) in [5, 5.41) is 6.77. The van der Waals surface area contributed by atoms with Gasteiger partial charge in [-0.05, 0) is 36.8 Å². The molecule has 1 aromatic heterocycles. The first-order chi connectivity index (χ1) is 15.6. The Morgan fingerprint density at radius 3 is 2.34 bits per heavy atom. The molecule has 2 heterocycles. The van der Waals surface area contributed by atoms with Gasteiger partial charge in [-0.2, -0.15) is 9.97 Å². The van der Waals surface area contributed by atoms with Gasteiger partial charge in [0.25, 0.3) is 0 Å². The van der Waals surface area contributed by atoms with Crippen LogP contribution < -0.4 is 25.2 Å². The average Bonchev–Trinajstić information content (AvgIpc) is 2.84. The number of anilines is 3. The zero-order valence-electron chi connectivity index (χ0n) is 18.4. The number of aryl methyl sites for hydroxylation is 1. The maximum atomic E-state index is 5.45. The molecule has 1 saturated heterocycles. The zero-order chi connectivity index (χ0) is 22.3. The lowest BCUT2D eigenvalue weighted by Gasteiger charge is -2.36. The predicted octanol–water partition coefficient (Wildman–Crippen LogP) is 3.61. The third-order valence-corrected chi connectivity index (χ3v) is 5.67. The number of nitrogens with one attached hydrogen (secondary N) is 2. The Balaban J connectivity index is 1.38. The molecule has 0 bridgehead atoms. The third kappa shape index (κ3) is 5.64. The molecule has 0 aliphatic carbocycles. The molecule has 0 amide bonds. The Morgan fingerprint density at radius 1 is 0.969 bits per heavy atom. The standard InChI is InChI=1S/C24H28N6OS/c1-18-8-10-19(11-9-18)17-25-24(32)28-23-26-21(16-22(27-23)31-2)30-14-12-29(13-15-30)20-6-4-3-5-7-20/h3-11,16H,12-15,17H2,1-2H3,(H2,25,26,27,28,32). The van der Waals surface area contributed by atoms with Gasteiger partial charge >= 0.3 is 0 Å². The minimum absolute atomic E-state index is 0.422. The van der Waals surface area contributed by atoms with Crippen LogP contribution in [0.2, 0.25) is 0 Å². The summed E-state index contributed by atoms with van der Waals surface area (Å²) < 4.78 is 5.41. The first-order valence-electron chi connectivity index (χ1n) is 10.7. The van der Waals surface area contributed by atoms with Crippen LogP contribution >= 0.6 is 12.2 Å². The molecule has 3 aromatic rings. The van der Waals surface area contributed by atoms with Crippen molar-refractivity contribution < 1.29 is 4.74 Å². The first-order valence-corrected chi connectivity index (χ1v) is 11.1. The van der Waals surface area contributed by atoms with Crippen molar-refractivity contribution >= 4 is 34.8 Å². The van der Waals surface area contributed by atoms with E-state index in [-0.39, 0.29) is 0 Å². The fraction of sp³-hybridized carbons (Fsp3) is 0.292. The van der Waals surface area contributed by atoms with Gasteiger partial charge in [-0.3, -0.25) is 0 Å². The summed E-state index contributed by atoms with van der Waals surface area (Å²) in [7, 11) is 1.61. The van der Waals surface area contributed by atoms with Crippen molar-refractivity contribution in [1.29, 1.82) is 0 Å². The van der Waals surface area contributed by atoms with Crippen LogP contribution in [0.5, 0.6) is 5.88 Å². The van der Waals surface area contributed by atoms with E-state index >= 15 is 0 Å². The molecule has 0 atom stereocenters. The number of nitrogens with zero attached hydrogens (tertiary/aromatic N) is 4. The van der Waals surface area contributed by atoms with Crippen molar-refractivity contribution in [1.82, 2.24) is 15.3 Å². The molecule has 1 aliphatic rings. The fourth-order valence-corrected chi connectivity index (χ4v) is 3.77. The number of benzene rings is 2. The molecule has 8 heteroatoms. The topological polar surface area (TPSA) is 65.6 Å². The fourth-order valence-electron chi connectivity index (χ4n) is 3.60. The molecule has 0 unspecified atom stereocenters. The Hall–Kier alpha value is -3.39. The van der Waals surface area contributed by atoms with Crippen LogP contribution in [0.3, 0.4) is 0 Å². The third-order valence-electron chi connectivity index (χ3n) is 5.42. The number of rotatable bonds is 6. The highest BCUT2D eigenvalue weighted by Gasteiger charge is 2.20. The molecule has 32 heavy (non-hydrogen) atoms. The van der Waals surface area contributed by atoms with E-state index in [1.165, 1.54) is 11.3 Å². The average molecular weight is 449 g/mol. The van der Waals surface area contributed by atoms with Crippen LogP contribution in [0.1, 0.15) is 11.1 Å². The van der Waals surface area contributed by atoms with Crippen molar-refractivity contribution in [3.8, 4) is 5.88 Å². The number of hydrogen-bond donors (Lipinski definition) is 2. The smallest absolute Gasteiger partial charge is 0.234 e. The highest BCUT2D eigenvalue weighted by molar-refractivity contribution is 7.80. The van der Waals surface area contributed by atoms with Crippen LogP contribution in [0.4, 0.5) is 17.5 Å². The van der Waals surface area contributed by atoms with E-state index in [0.717, 1.165) is 37.6 Å². The number of methoxy groups -OCH3 is 1. The van der Waals surface area contributed by atoms with Crippen LogP contribution in [-0.4, -0.2) is 48.4 Å². The minimum Gasteiger partial charge on any atom is -0.481 e. The van der Waals surface area contributed by atoms with E-state index < -0.39 is 0 Å². The SMILES string of the molecule is COc1cc(N2CCN(c3ccccc3)CC2)nc(NC(=S)NCc2ccc(C)cc2)n1. The first kappa shape index (κ1) is 21.8. The molecule has 4 rings (SSSR count). The lowest BCUT2D eigenvalue weighted by atomic mass is 10.1. The quantitative estimate of drug-likeness (QED) is 0.555. The van der Waals surface area contributed by atoms with Crippen LogP contribution in [-0.2, 0) is 6.54 Å². The minimum atomic E-state index is 0.422. The van der Waals surface area contributed by atoms with E-state index in [0.29, 0.717) is 23.5 Å². The number of aromatic nitrogens is 2. The molecule has 1 aliphatic heterocycles. The monoisotopic (exact) mass is 448 g/mol.